The van der Waals surface area contributed by atoms with E-state index in [1.165, 1.54) is 9.80 Å². The predicted octanol–water partition coefficient (Wildman–Crippen LogP) is 1.82. The van der Waals surface area contributed by atoms with Crippen molar-refractivity contribution < 1.29 is 34.1 Å². The van der Waals surface area contributed by atoms with Crippen molar-refractivity contribution in [3.05, 3.63) is 36.9 Å². The third kappa shape index (κ3) is 3.81. The Morgan fingerprint density at radius 3 is 2.65 bits per heavy atom. The Hall–Kier alpha value is -2.43. The standard InChI is InChI=1S/C24H29BrN2O7/c1-3-10-26(14-6-8-15(33-2)9-7-14)22(30)20-24-13-16(25)19(34-24)17(23(31)32)18(24)21(29)27(20)11-4-5-12-28/h3,6-9,16-20,28H,1,4-5,10-13H2,2H3,(H,31,32)/t16?,17-,18-,19-,20?,24?/m0/s1. The molecular weight excluding hydrogens is 508 g/mol. The Morgan fingerprint density at radius 1 is 1.35 bits per heavy atom. The van der Waals surface area contributed by atoms with Crippen molar-refractivity contribution in [1.29, 1.82) is 0 Å². The van der Waals surface area contributed by atoms with Gasteiger partial charge < -0.3 is 29.5 Å². The lowest BCUT2D eigenvalue weighted by Crippen LogP contribution is -2.57. The number of ether oxygens (including phenoxy) is 2. The van der Waals surface area contributed by atoms with Crippen LogP contribution in [0.5, 0.6) is 5.75 Å². The summed E-state index contributed by atoms with van der Waals surface area (Å²) in [5.74, 6) is -3.16. The van der Waals surface area contributed by atoms with Gasteiger partial charge in [0.2, 0.25) is 5.91 Å². The largest absolute Gasteiger partial charge is 0.497 e. The number of aliphatic carboxylic acids is 1. The number of aliphatic hydroxyl groups is 1. The van der Waals surface area contributed by atoms with Crippen LogP contribution >= 0.6 is 15.9 Å². The number of aliphatic hydroxyl groups excluding tert-OH is 1. The number of hydrogen-bond donors (Lipinski definition) is 2. The van der Waals surface area contributed by atoms with Crippen LogP contribution in [0.3, 0.4) is 0 Å². The topological polar surface area (TPSA) is 117 Å². The second-order valence-electron chi connectivity index (χ2n) is 8.90. The molecule has 4 rings (SSSR count). The number of benzene rings is 1. The fraction of sp³-hybridized carbons (Fsp3) is 0.542. The Labute approximate surface area is 206 Å². The second-order valence-corrected chi connectivity index (χ2v) is 10.1. The smallest absolute Gasteiger partial charge is 0.310 e. The molecule has 3 aliphatic rings. The van der Waals surface area contributed by atoms with Crippen molar-refractivity contribution in [2.45, 2.75) is 41.8 Å². The summed E-state index contributed by atoms with van der Waals surface area (Å²) in [4.78, 5) is 42.6. The maximum Gasteiger partial charge on any atom is 0.310 e. The van der Waals surface area contributed by atoms with Gasteiger partial charge in [0, 0.05) is 30.2 Å². The highest BCUT2D eigenvalue weighted by Crippen LogP contribution is 2.60. The summed E-state index contributed by atoms with van der Waals surface area (Å²) >= 11 is 3.54. The van der Waals surface area contributed by atoms with Crippen LogP contribution < -0.4 is 9.64 Å². The Balaban J connectivity index is 1.76. The number of carbonyl (C=O) groups is 3. The van der Waals surface area contributed by atoms with E-state index in [4.69, 9.17) is 9.47 Å². The van der Waals surface area contributed by atoms with Crippen molar-refractivity contribution in [2.75, 3.05) is 31.7 Å². The van der Waals surface area contributed by atoms with E-state index in [0.29, 0.717) is 30.7 Å². The fourth-order valence-corrected chi connectivity index (χ4v) is 6.63. The number of fused-ring (bicyclic) bond motifs is 1. The van der Waals surface area contributed by atoms with E-state index in [-0.39, 0.29) is 36.3 Å². The first-order chi connectivity index (χ1) is 16.3. The van der Waals surface area contributed by atoms with E-state index in [1.807, 2.05) is 0 Å². The number of carboxylic acids is 1. The first kappa shape index (κ1) is 24.7. The lowest BCUT2D eigenvalue weighted by molar-refractivity contribution is -0.149. The molecule has 1 aromatic rings. The molecule has 184 valence electrons. The third-order valence-electron chi connectivity index (χ3n) is 7.08. The predicted molar refractivity (Wildman–Crippen MR) is 127 cm³/mol. The summed E-state index contributed by atoms with van der Waals surface area (Å²) in [6.45, 7) is 4.17. The van der Waals surface area contributed by atoms with E-state index >= 15 is 0 Å². The highest BCUT2D eigenvalue weighted by atomic mass is 79.9. The summed E-state index contributed by atoms with van der Waals surface area (Å²) in [6, 6.07) is 6.00. The number of halogens is 1. The Kier molecular flexibility index (Phi) is 7.02. The maximum atomic E-state index is 14.1. The van der Waals surface area contributed by atoms with Gasteiger partial charge in [0.1, 0.15) is 17.4 Å². The van der Waals surface area contributed by atoms with Crippen LogP contribution in [-0.2, 0) is 19.1 Å². The van der Waals surface area contributed by atoms with E-state index in [1.54, 1.807) is 37.5 Å². The molecule has 10 heteroatoms. The SMILES string of the molecule is C=CCN(C(=O)C1N(CCCCO)C(=O)[C@@H]2[C@H](C(=O)O)[C@H]3OC12CC3Br)c1ccc(OC)cc1. The molecule has 3 aliphatic heterocycles. The van der Waals surface area contributed by atoms with Gasteiger partial charge in [0.25, 0.3) is 5.91 Å². The average Bonchev–Trinajstić information content (AvgIpc) is 3.41. The number of amides is 2. The zero-order valence-electron chi connectivity index (χ0n) is 18.9. The molecule has 34 heavy (non-hydrogen) atoms. The average molecular weight is 537 g/mol. The summed E-state index contributed by atoms with van der Waals surface area (Å²) in [6.07, 6.45) is 2.22. The van der Waals surface area contributed by atoms with Gasteiger partial charge in [-0.05, 0) is 43.5 Å². The first-order valence-corrected chi connectivity index (χ1v) is 12.2. The van der Waals surface area contributed by atoms with Crippen molar-refractivity contribution >= 4 is 39.4 Å². The molecule has 0 aliphatic carbocycles. The van der Waals surface area contributed by atoms with Gasteiger partial charge in [-0.25, -0.2) is 0 Å². The number of rotatable bonds is 10. The number of carbonyl (C=O) groups excluding carboxylic acids is 2. The van der Waals surface area contributed by atoms with Crippen molar-refractivity contribution in [3.63, 3.8) is 0 Å². The number of nitrogens with zero attached hydrogens (tertiary/aromatic N) is 2. The number of unbranched alkanes of at least 4 members (excludes halogenated alkanes) is 1. The monoisotopic (exact) mass is 536 g/mol. The number of anilines is 1. The molecule has 9 nitrogen and oxygen atoms in total. The normalized spacial score (nSPS) is 31.4. The molecule has 0 saturated carbocycles. The minimum atomic E-state index is -1.23. The zero-order chi connectivity index (χ0) is 24.6. The number of likely N-dealkylation sites (tertiary alicyclic amines) is 1. The van der Waals surface area contributed by atoms with E-state index in [9.17, 15) is 24.6 Å². The lowest BCUT2D eigenvalue weighted by Gasteiger charge is -2.37. The molecule has 3 saturated heterocycles. The van der Waals surface area contributed by atoms with E-state index < -0.39 is 35.6 Å². The molecule has 1 spiro atoms. The molecule has 6 atom stereocenters. The molecule has 0 aromatic heterocycles. The minimum Gasteiger partial charge on any atom is -0.497 e. The van der Waals surface area contributed by atoms with Gasteiger partial charge in [-0.1, -0.05) is 22.0 Å². The van der Waals surface area contributed by atoms with Gasteiger partial charge in [-0.15, -0.1) is 6.58 Å². The molecule has 2 N–H and O–H groups in total. The molecular formula is C24H29BrN2O7. The molecule has 2 bridgehead atoms. The summed E-state index contributed by atoms with van der Waals surface area (Å²) in [7, 11) is 1.55. The molecule has 2 amide bonds. The second kappa shape index (κ2) is 9.67. The van der Waals surface area contributed by atoms with Crippen LogP contribution in [0.1, 0.15) is 19.3 Å². The van der Waals surface area contributed by atoms with Gasteiger partial charge in [-0.2, -0.15) is 0 Å². The van der Waals surface area contributed by atoms with Gasteiger partial charge >= 0.3 is 5.97 Å². The van der Waals surface area contributed by atoms with Crippen LogP contribution in [0.2, 0.25) is 0 Å². The molecule has 0 radical (unpaired) electrons. The number of alkyl halides is 1. The fourth-order valence-electron chi connectivity index (χ4n) is 5.69. The minimum absolute atomic E-state index is 0.0382. The third-order valence-corrected chi connectivity index (χ3v) is 7.92. The molecule has 3 fully saturated rings. The van der Waals surface area contributed by atoms with Gasteiger partial charge in [-0.3, -0.25) is 14.4 Å². The van der Waals surface area contributed by atoms with E-state index in [0.717, 1.165) is 0 Å². The van der Waals surface area contributed by atoms with Crippen molar-refractivity contribution in [2.24, 2.45) is 11.8 Å². The van der Waals surface area contributed by atoms with Crippen LogP contribution in [0, 0.1) is 11.8 Å². The Morgan fingerprint density at radius 2 is 2.06 bits per heavy atom. The number of carboxylic acid groups (broad SMARTS) is 1. The molecule has 3 unspecified atom stereocenters. The molecule has 3 heterocycles. The summed E-state index contributed by atoms with van der Waals surface area (Å²) in [5, 5.41) is 19.2. The maximum absolute atomic E-state index is 14.1. The van der Waals surface area contributed by atoms with Gasteiger partial charge in [0.15, 0.2) is 0 Å². The van der Waals surface area contributed by atoms with Crippen LogP contribution in [-0.4, -0.2) is 82.3 Å². The van der Waals surface area contributed by atoms with Crippen molar-refractivity contribution in [1.82, 2.24) is 4.90 Å². The Bertz CT molecular complexity index is 971. The highest BCUT2D eigenvalue weighted by molar-refractivity contribution is 9.09. The summed E-state index contributed by atoms with van der Waals surface area (Å²) < 4.78 is 11.5. The quantitative estimate of drug-likeness (QED) is 0.266. The van der Waals surface area contributed by atoms with Gasteiger partial charge in [0.05, 0.1) is 25.0 Å². The van der Waals surface area contributed by atoms with Crippen LogP contribution in [0.4, 0.5) is 5.69 Å². The first-order valence-electron chi connectivity index (χ1n) is 11.3. The number of methoxy groups -OCH3 is 1. The number of hydrogen-bond acceptors (Lipinski definition) is 6. The van der Waals surface area contributed by atoms with Crippen LogP contribution in [0.25, 0.3) is 0 Å². The molecule has 1 aromatic carbocycles. The van der Waals surface area contributed by atoms with Crippen LogP contribution in [0.15, 0.2) is 36.9 Å². The lowest BCUT2D eigenvalue weighted by atomic mass is 9.70. The highest BCUT2D eigenvalue weighted by Gasteiger charge is 2.76. The van der Waals surface area contributed by atoms with Crippen molar-refractivity contribution in [3.8, 4) is 5.75 Å². The van der Waals surface area contributed by atoms with E-state index in [2.05, 4.69) is 22.5 Å². The zero-order valence-corrected chi connectivity index (χ0v) is 20.5. The summed E-state index contributed by atoms with van der Waals surface area (Å²) in [5.41, 5.74) is -0.632.